The molecule has 0 amide bonds. The van der Waals surface area contributed by atoms with E-state index in [1.54, 1.807) is 12.4 Å². The maximum atomic E-state index is 4.28. The van der Waals surface area contributed by atoms with E-state index in [1.165, 1.54) is 27.9 Å². The van der Waals surface area contributed by atoms with Crippen LogP contribution in [0.1, 0.15) is 169 Å². The Bertz CT molecular complexity index is 1600. The second-order valence-corrected chi connectivity index (χ2v) is 16.0. The van der Waals surface area contributed by atoms with Gasteiger partial charge in [-0.2, -0.15) is 0 Å². The Morgan fingerprint density at radius 2 is 0.719 bits per heavy atom. The van der Waals surface area contributed by atoms with Gasteiger partial charge in [-0.05, 0) is 91.0 Å². The van der Waals surface area contributed by atoms with Crippen molar-refractivity contribution in [1.29, 1.82) is 0 Å². The lowest BCUT2D eigenvalue weighted by atomic mass is 10.0. The van der Waals surface area contributed by atoms with E-state index >= 15 is 0 Å². The maximum absolute atomic E-state index is 4.28. The lowest BCUT2D eigenvalue weighted by Gasteiger charge is -2.03. The molecule has 306 valence electrons. The van der Waals surface area contributed by atoms with Gasteiger partial charge in [-0.15, -0.1) is 0 Å². The fraction of sp³-hybridized carbons (Fsp3) is 0.412. The number of hydrogen-bond acceptors (Lipinski definition) is 6. The smallest absolute Gasteiger partial charge is 0.130 e. The average molecular weight is 769 g/mol. The summed E-state index contributed by atoms with van der Waals surface area (Å²) in [5, 5.41) is 0. The van der Waals surface area contributed by atoms with Crippen LogP contribution in [0.5, 0.6) is 0 Å². The molecule has 0 aliphatic heterocycles. The van der Waals surface area contributed by atoms with Crippen LogP contribution in [-0.2, 0) is 0 Å². The largest absolute Gasteiger partial charge is 0.261 e. The van der Waals surface area contributed by atoms with Crippen molar-refractivity contribution < 1.29 is 0 Å². The summed E-state index contributed by atoms with van der Waals surface area (Å²) in [5.74, 6) is 5.11. The minimum atomic E-state index is 0.431. The molecule has 4 aromatic heterocycles. The highest BCUT2D eigenvalue weighted by molar-refractivity contribution is 5.23. The van der Waals surface area contributed by atoms with Crippen LogP contribution in [0.15, 0.2) is 128 Å². The third kappa shape index (κ3) is 22.9. The van der Waals surface area contributed by atoms with E-state index in [0.717, 1.165) is 22.9 Å². The molecule has 0 aliphatic carbocycles. The molecule has 0 unspecified atom stereocenters. The van der Waals surface area contributed by atoms with Gasteiger partial charge in [0.25, 0.3) is 0 Å². The van der Waals surface area contributed by atoms with Gasteiger partial charge in [-0.1, -0.05) is 155 Å². The van der Waals surface area contributed by atoms with Gasteiger partial charge in [0.1, 0.15) is 11.6 Å². The van der Waals surface area contributed by atoms with Crippen molar-refractivity contribution in [2.75, 3.05) is 0 Å². The van der Waals surface area contributed by atoms with Crippen molar-refractivity contribution in [3.8, 4) is 0 Å². The zero-order chi connectivity index (χ0) is 42.8. The first kappa shape index (κ1) is 49.9. The van der Waals surface area contributed by atoms with Crippen molar-refractivity contribution in [2.24, 2.45) is 0 Å². The first-order valence-corrected chi connectivity index (χ1v) is 20.5. The molecule has 0 aliphatic rings. The number of benzene rings is 2. The highest BCUT2D eigenvalue weighted by Gasteiger charge is 2.01. The zero-order valence-corrected chi connectivity index (χ0v) is 37.8. The van der Waals surface area contributed by atoms with E-state index in [4.69, 9.17) is 0 Å². The number of rotatable bonds is 6. The first-order valence-electron chi connectivity index (χ1n) is 20.5. The number of aryl methyl sites for hydroxylation is 3. The molecule has 6 aromatic rings. The molecule has 57 heavy (non-hydrogen) atoms. The molecule has 0 saturated carbocycles. The third-order valence-electron chi connectivity index (χ3n) is 8.43. The molecule has 0 spiro atoms. The molecular weight excluding hydrogens is 697 g/mol. The molecule has 6 nitrogen and oxygen atoms in total. The lowest BCUT2D eigenvalue weighted by molar-refractivity contribution is 0.771. The molecular formula is C51H72N6. The first-order chi connectivity index (χ1) is 27.0. The Hall–Kier alpha value is -5.10. The summed E-state index contributed by atoms with van der Waals surface area (Å²) in [7, 11) is 0. The van der Waals surface area contributed by atoms with Crippen molar-refractivity contribution in [3.63, 3.8) is 0 Å². The third-order valence-corrected chi connectivity index (χ3v) is 8.43. The van der Waals surface area contributed by atoms with Gasteiger partial charge in [0.15, 0.2) is 0 Å². The van der Waals surface area contributed by atoms with Crippen LogP contribution in [0.2, 0.25) is 0 Å². The van der Waals surface area contributed by atoms with Crippen LogP contribution in [0.4, 0.5) is 0 Å². The average Bonchev–Trinajstić information content (AvgIpc) is 3.20. The molecule has 0 atom stereocenters. The lowest BCUT2D eigenvalue weighted by Crippen LogP contribution is -1.95. The maximum Gasteiger partial charge on any atom is 0.130 e. The Morgan fingerprint density at radius 3 is 1.09 bits per heavy atom. The summed E-state index contributed by atoms with van der Waals surface area (Å²) in [6.07, 6.45) is 11.0. The summed E-state index contributed by atoms with van der Waals surface area (Å²) in [4.78, 5) is 24.9. The Balaban J connectivity index is 0.000000342. The van der Waals surface area contributed by atoms with Gasteiger partial charge < -0.3 is 0 Å². The summed E-state index contributed by atoms with van der Waals surface area (Å²) < 4.78 is 0. The van der Waals surface area contributed by atoms with Gasteiger partial charge in [0.05, 0.1) is 0 Å². The number of pyridine rings is 2. The predicted molar refractivity (Wildman–Crippen MR) is 244 cm³/mol. The Morgan fingerprint density at radius 1 is 0.298 bits per heavy atom. The number of aromatic nitrogens is 6. The van der Waals surface area contributed by atoms with E-state index in [1.807, 2.05) is 62.0 Å². The van der Waals surface area contributed by atoms with E-state index < -0.39 is 0 Å². The molecule has 0 saturated heterocycles. The van der Waals surface area contributed by atoms with E-state index in [-0.39, 0.29) is 0 Å². The minimum absolute atomic E-state index is 0.431. The molecule has 0 N–H and O–H groups in total. The van der Waals surface area contributed by atoms with Gasteiger partial charge in [-0.25, -0.2) is 19.9 Å². The predicted octanol–water partition coefficient (Wildman–Crippen LogP) is 14.2. The van der Waals surface area contributed by atoms with E-state index in [9.17, 15) is 0 Å². The molecule has 0 fully saturated rings. The van der Waals surface area contributed by atoms with Crippen LogP contribution in [0, 0.1) is 20.8 Å². The van der Waals surface area contributed by atoms with Crippen LogP contribution >= 0.6 is 0 Å². The fourth-order valence-corrected chi connectivity index (χ4v) is 4.64. The summed E-state index contributed by atoms with van der Waals surface area (Å²) in [6, 6.07) is 31.2. The molecule has 6 heteroatoms. The quantitative estimate of drug-likeness (QED) is 0.168. The van der Waals surface area contributed by atoms with Gasteiger partial charge >= 0.3 is 0 Å². The topological polar surface area (TPSA) is 77.3 Å². The van der Waals surface area contributed by atoms with Crippen LogP contribution in [0.25, 0.3) is 0 Å². The molecule has 6 rings (SSSR count). The second kappa shape index (κ2) is 28.3. The van der Waals surface area contributed by atoms with Gasteiger partial charge in [0.2, 0.25) is 0 Å². The monoisotopic (exact) mass is 769 g/mol. The Kier molecular flexibility index (Phi) is 24.8. The van der Waals surface area contributed by atoms with Gasteiger partial charge in [-0.3, -0.25) is 9.97 Å². The SMILES string of the molecule is CC(C)c1ccccc1.CC(C)c1ccccn1.CC(C)c1ncccn1.Cc1ccc(C(C)C)cc1.Cc1ccc(C(C)C)nc1.Cc1cnc(C(C)C)nc1. The molecule has 4 heterocycles. The van der Waals surface area contributed by atoms with Crippen molar-refractivity contribution in [3.05, 3.63) is 179 Å². The standard InChI is InChI=1S/C10H14.C9H13N.C9H12.C8H12N2.C8H11N.C7H10N2/c1-8(2)10-6-4-9(3)5-7-10;1-7(2)9-5-4-8(3)6-10-9;1-8(2)9-6-4-3-5-7-9;1-6(2)8-9-4-7(3)5-10-8;1-7(2)8-5-3-4-6-9-8;1-6(2)7-8-4-3-5-9-7/h4-8H,1-3H3;4-7H,1-3H3;3-8H,1-2H3;4-6H,1-3H3;3-7H,1-2H3;3-6H,1-2H3. The number of hydrogen-bond donors (Lipinski definition) is 0. The van der Waals surface area contributed by atoms with Crippen molar-refractivity contribution in [2.45, 2.75) is 139 Å². The van der Waals surface area contributed by atoms with Crippen molar-refractivity contribution >= 4 is 0 Å². The minimum Gasteiger partial charge on any atom is -0.261 e. The van der Waals surface area contributed by atoms with E-state index in [0.29, 0.717) is 35.5 Å². The van der Waals surface area contributed by atoms with Gasteiger partial charge in [0, 0.05) is 60.4 Å². The summed E-state index contributed by atoms with van der Waals surface area (Å²) in [6.45, 7) is 31.9. The highest BCUT2D eigenvalue weighted by atomic mass is 14.9. The van der Waals surface area contributed by atoms with Crippen LogP contribution in [0.3, 0.4) is 0 Å². The number of nitrogens with zero attached hydrogens (tertiary/aromatic N) is 6. The Labute approximate surface area is 347 Å². The summed E-state index contributed by atoms with van der Waals surface area (Å²) >= 11 is 0. The van der Waals surface area contributed by atoms with Crippen LogP contribution < -0.4 is 0 Å². The molecule has 0 bridgehead atoms. The normalized spacial score (nSPS) is 10.3. The fourth-order valence-electron chi connectivity index (χ4n) is 4.64. The summed E-state index contributed by atoms with van der Waals surface area (Å²) in [5.41, 5.74) is 8.85. The molecule has 2 aromatic carbocycles. The van der Waals surface area contributed by atoms with Crippen molar-refractivity contribution in [1.82, 2.24) is 29.9 Å². The highest BCUT2D eigenvalue weighted by Crippen LogP contribution is 2.14. The second-order valence-electron chi connectivity index (χ2n) is 16.0. The van der Waals surface area contributed by atoms with E-state index in [2.05, 4.69) is 187 Å². The zero-order valence-electron chi connectivity index (χ0n) is 37.8. The van der Waals surface area contributed by atoms with Crippen LogP contribution in [-0.4, -0.2) is 29.9 Å². The molecule has 0 radical (unpaired) electrons.